The molecule has 0 aliphatic heterocycles. The Balaban J connectivity index is 2.26. The maximum atomic E-state index is 5.65. The molecule has 0 atom stereocenters. The second-order valence-corrected chi connectivity index (χ2v) is 3.86. The molecule has 2 aromatic rings. The van der Waals surface area contributed by atoms with E-state index in [1.165, 1.54) is 11.3 Å². The van der Waals surface area contributed by atoms with E-state index < -0.39 is 0 Å². The molecule has 0 spiro atoms. The van der Waals surface area contributed by atoms with Crippen molar-refractivity contribution < 1.29 is 14.2 Å². The predicted octanol–water partition coefficient (Wildman–Crippen LogP) is 3.36. The third kappa shape index (κ3) is 2.28. The van der Waals surface area contributed by atoms with E-state index in [0.717, 1.165) is 10.8 Å². The zero-order chi connectivity index (χ0) is 11.4. The number of methoxy groups -OCH3 is 2. The molecule has 4 heteroatoms. The molecule has 1 radical (unpaired) electrons. The van der Waals surface area contributed by atoms with E-state index in [1.807, 2.05) is 17.5 Å². The first kappa shape index (κ1) is 10.8. The average molecular weight is 235 g/mol. The number of rotatable bonds is 4. The number of ether oxygens (including phenoxy) is 3. The Bertz CT molecular complexity index is 451. The van der Waals surface area contributed by atoms with E-state index >= 15 is 0 Å². The van der Waals surface area contributed by atoms with Gasteiger partial charge in [-0.05, 0) is 18.2 Å². The highest BCUT2D eigenvalue weighted by atomic mass is 32.1. The summed E-state index contributed by atoms with van der Waals surface area (Å²) in [6.45, 7) is 0. The predicted molar refractivity (Wildman–Crippen MR) is 62.8 cm³/mol. The lowest BCUT2D eigenvalue weighted by Crippen LogP contribution is -1.90. The van der Waals surface area contributed by atoms with Gasteiger partial charge in [-0.3, -0.25) is 0 Å². The molecule has 16 heavy (non-hydrogen) atoms. The summed E-state index contributed by atoms with van der Waals surface area (Å²) in [6.07, 6.45) is 0. The standard InChI is InChI=1S/C12H11O3S/c1-13-9-5-6-10(11(8-9)14-2)15-12-4-3-7-16-12/h4-8H,1-2H3. The molecule has 0 aliphatic carbocycles. The summed E-state index contributed by atoms with van der Waals surface area (Å²) in [4.78, 5) is 0. The lowest BCUT2D eigenvalue weighted by atomic mass is 10.3. The number of benzene rings is 1. The van der Waals surface area contributed by atoms with Crippen LogP contribution in [0.15, 0.2) is 29.6 Å². The van der Waals surface area contributed by atoms with Crippen molar-refractivity contribution in [1.82, 2.24) is 0 Å². The minimum absolute atomic E-state index is 0.646. The second kappa shape index (κ2) is 4.90. The molecule has 1 aromatic carbocycles. The molecule has 0 amide bonds. The Kier molecular flexibility index (Phi) is 3.31. The quantitative estimate of drug-likeness (QED) is 0.813. The van der Waals surface area contributed by atoms with E-state index in [4.69, 9.17) is 14.2 Å². The Morgan fingerprint density at radius 2 is 2.00 bits per heavy atom. The van der Waals surface area contributed by atoms with Gasteiger partial charge in [0.1, 0.15) is 5.75 Å². The van der Waals surface area contributed by atoms with Crippen molar-refractivity contribution in [3.05, 3.63) is 35.7 Å². The third-order valence-corrected chi connectivity index (χ3v) is 2.71. The van der Waals surface area contributed by atoms with Crippen LogP contribution in [-0.4, -0.2) is 14.2 Å². The molecule has 0 saturated heterocycles. The van der Waals surface area contributed by atoms with Gasteiger partial charge in [0.25, 0.3) is 0 Å². The summed E-state index contributed by atoms with van der Waals surface area (Å²) in [5.74, 6) is 2.05. The van der Waals surface area contributed by atoms with Gasteiger partial charge in [-0.15, -0.1) is 11.3 Å². The smallest absolute Gasteiger partial charge is 0.181 e. The van der Waals surface area contributed by atoms with Crippen molar-refractivity contribution in [2.75, 3.05) is 14.2 Å². The van der Waals surface area contributed by atoms with Gasteiger partial charge in [0.15, 0.2) is 16.6 Å². The Morgan fingerprint density at radius 3 is 2.62 bits per heavy atom. The first-order valence-electron chi connectivity index (χ1n) is 4.68. The van der Waals surface area contributed by atoms with Gasteiger partial charge in [0.2, 0.25) is 0 Å². The summed E-state index contributed by atoms with van der Waals surface area (Å²) in [7, 11) is 3.21. The van der Waals surface area contributed by atoms with Crippen LogP contribution < -0.4 is 14.2 Å². The van der Waals surface area contributed by atoms with Gasteiger partial charge >= 0.3 is 0 Å². The van der Waals surface area contributed by atoms with E-state index in [1.54, 1.807) is 26.4 Å². The van der Waals surface area contributed by atoms with Crippen LogP contribution in [0.4, 0.5) is 0 Å². The molecular weight excluding hydrogens is 224 g/mol. The highest BCUT2D eigenvalue weighted by Crippen LogP contribution is 2.35. The van der Waals surface area contributed by atoms with Crippen LogP contribution in [0.3, 0.4) is 0 Å². The monoisotopic (exact) mass is 235 g/mol. The molecular formula is C12H11O3S. The normalized spacial score (nSPS) is 9.88. The lowest BCUT2D eigenvalue weighted by Gasteiger charge is -2.09. The maximum absolute atomic E-state index is 5.65. The summed E-state index contributed by atoms with van der Waals surface area (Å²) in [5.41, 5.74) is 0. The molecule has 0 unspecified atom stereocenters. The molecule has 1 heterocycles. The topological polar surface area (TPSA) is 27.7 Å². The van der Waals surface area contributed by atoms with E-state index in [-0.39, 0.29) is 0 Å². The molecule has 0 aliphatic rings. The molecule has 0 fully saturated rings. The molecule has 0 N–H and O–H groups in total. The van der Waals surface area contributed by atoms with Crippen LogP contribution in [0.2, 0.25) is 0 Å². The summed E-state index contributed by atoms with van der Waals surface area (Å²) < 4.78 is 16.0. The fourth-order valence-corrected chi connectivity index (χ4v) is 1.78. The van der Waals surface area contributed by atoms with Crippen LogP contribution in [0, 0.1) is 6.07 Å². The molecule has 2 rings (SSSR count). The average Bonchev–Trinajstić information content (AvgIpc) is 2.82. The minimum Gasteiger partial charge on any atom is -0.497 e. The molecule has 0 saturated carbocycles. The zero-order valence-electron chi connectivity index (χ0n) is 9.02. The third-order valence-electron chi connectivity index (χ3n) is 2.03. The second-order valence-electron chi connectivity index (χ2n) is 2.98. The summed E-state index contributed by atoms with van der Waals surface area (Å²) >= 11 is 1.48. The largest absolute Gasteiger partial charge is 0.497 e. The number of hydrogen-bond donors (Lipinski definition) is 0. The minimum atomic E-state index is 0.646. The fraction of sp³-hybridized carbons (Fsp3) is 0.167. The molecule has 3 nitrogen and oxygen atoms in total. The van der Waals surface area contributed by atoms with Crippen molar-refractivity contribution in [3.8, 4) is 22.3 Å². The Labute approximate surface area is 98.2 Å². The highest BCUT2D eigenvalue weighted by Gasteiger charge is 2.07. The van der Waals surface area contributed by atoms with Crippen molar-refractivity contribution in [3.63, 3.8) is 0 Å². The van der Waals surface area contributed by atoms with E-state index in [2.05, 4.69) is 6.07 Å². The van der Waals surface area contributed by atoms with Gasteiger partial charge in [-0.2, -0.15) is 0 Å². The van der Waals surface area contributed by atoms with Crippen molar-refractivity contribution in [2.24, 2.45) is 0 Å². The first-order valence-corrected chi connectivity index (χ1v) is 5.56. The lowest BCUT2D eigenvalue weighted by molar-refractivity contribution is 0.371. The highest BCUT2D eigenvalue weighted by molar-refractivity contribution is 7.11. The van der Waals surface area contributed by atoms with Gasteiger partial charge in [0, 0.05) is 17.5 Å². The summed E-state index contributed by atoms with van der Waals surface area (Å²) in [6, 6.07) is 10.2. The van der Waals surface area contributed by atoms with Gasteiger partial charge < -0.3 is 14.2 Å². The van der Waals surface area contributed by atoms with E-state index in [9.17, 15) is 0 Å². The Hall–Kier alpha value is -1.68. The van der Waals surface area contributed by atoms with Crippen LogP contribution >= 0.6 is 11.3 Å². The number of hydrogen-bond acceptors (Lipinski definition) is 4. The molecule has 0 bridgehead atoms. The fourth-order valence-electron chi connectivity index (χ4n) is 1.25. The van der Waals surface area contributed by atoms with Gasteiger partial charge in [-0.1, -0.05) is 0 Å². The Morgan fingerprint density at radius 1 is 1.12 bits per heavy atom. The van der Waals surface area contributed by atoms with Crippen molar-refractivity contribution >= 4 is 11.3 Å². The van der Waals surface area contributed by atoms with Gasteiger partial charge in [0.05, 0.1) is 14.2 Å². The van der Waals surface area contributed by atoms with Crippen molar-refractivity contribution in [2.45, 2.75) is 0 Å². The zero-order valence-corrected chi connectivity index (χ0v) is 9.84. The van der Waals surface area contributed by atoms with Gasteiger partial charge in [-0.25, -0.2) is 0 Å². The van der Waals surface area contributed by atoms with Crippen LogP contribution in [0.5, 0.6) is 22.3 Å². The van der Waals surface area contributed by atoms with Crippen LogP contribution in [-0.2, 0) is 0 Å². The maximum Gasteiger partial charge on any atom is 0.181 e. The SMILES string of the molecule is COc1ccc(Oc2c[c]cs2)c(OC)c1. The van der Waals surface area contributed by atoms with Crippen LogP contribution in [0.1, 0.15) is 0 Å². The van der Waals surface area contributed by atoms with Crippen molar-refractivity contribution in [1.29, 1.82) is 0 Å². The molecule has 83 valence electrons. The van der Waals surface area contributed by atoms with E-state index in [0.29, 0.717) is 11.5 Å². The molecule has 1 aromatic heterocycles. The first-order chi connectivity index (χ1) is 7.83. The van der Waals surface area contributed by atoms with Crippen LogP contribution in [0.25, 0.3) is 0 Å². The summed E-state index contributed by atoms with van der Waals surface area (Å²) in [5, 5.41) is 2.62. The number of thiophene rings is 1.